The Kier molecular flexibility index (Phi) is 6.08. The molecular formula is C16H18F2N2O3. The molecule has 2 amide bonds. The van der Waals surface area contributed by atoms with Gasteiger partial charge in [0.15, 0.2) is 0 Å². The standard InChI is InChI=1S/C16H18F2N2O3/c17-16(18)23-13-8-6-12(7-9-13)20-15(22)14(21)19-10-11-4-2-1-3-5-11/h1-2,6-9,11,16H,3-5,10H2,(H,19,21)(H,20,22). The molecule has 1 aromatic rings. The van der Waals surface area contributed by atoms with Gasteiger partial charge in [-0.2, -0.15) is 8.78 Å². The van der Waals surface area contributed by atoms with Crippen LogP contribution in [0.4, 0.5) is 14.5 Å². The van der Waals surface area contributed by atoms with E-state index in [0.717, 1.165) is 19.3 Å². The molecule has 0 fully saturated rings. The predicted molar refractivity (Wildman–Crippen MR) is 81.2 cm³/mol. The summed E-state index contributed by atoms with van der Waals surface area (Å²) in [4.78, 5) is 23.5. The summed E-state index contributed by atoms with van der Waals surface area (Å²) in [6.45, 7) is -2.45. The van der Waals surface area contributed by atoms with Crippen molar-refractivity contribution in [2.75, 3.05) is 11.9 Å². The van der Waals surface area contributed by atoms with Gasteiger partial charge in [0.2, 0.25) is 0 Å². The zero-order valence-corrected chi connectivity index (χ0v) is 12.4. The van der Waals surface area contributed by atoms with E-state index in [1.165, 1.54) is 24.3 Å². The van der Waals surface area contributed by atoms with Crippen molar-refractivity contribution >= 4 is 17.5 Å². The number of amides is 2. The molecule has 2 N–H and O–H groups in total. The zero-order valence-electron chi connectivity index (χ0n) is 12.4. The van der Waals surface area contributed by atoms with Crippen molar-refractivity contribution in [3.8, 4) is 5.75 Å². The number of carbonyl (C=O) groups excluding carboxylic acids is 2. The van der Waals surface area contributed by atoms with Gasteiger partial charge < -0.3 is 15.4 Å². The minimum atomic E-state index is -2.91. The van der Waals surface area contributed by atoms with Crippen molar-refractivity contribution in [1.82, 2.24) is 5.32 Å². The van der Waals surface area contributed by atoms with E-state index in [2.05, 4.69) is 27.5 Å². The van der Waals surface area contributed by atoms with Gasteiger partial charge >= 0.3 is 18.4 Å². The summed E-state index contributed by atoms with van der Waals surface area (Å²) in [5.41, 5.74) is 0.326. The molecule has 1 aliphatic rings. The molecule has 124 valence electrons. The summed E-state index contributed by atoms with van der Waals surface area (Å²) in [5, 5.41) is 5.00. The maximum atomic E-state index is 12.0. The molecule has 1 aliphatic carbocycles. The third-order valence-corrected chi connectivity index (χ3v) is 3.47. The number of anilines is 1. The lowest BCUT2D eigenvalue weighted by atomic mass is 9.94. The number of hydrogen-bond donors (Lipinski definition) is 2. The van der Waals surface area contributed by atoms with Crippen LogP contribution in [-0.2, 0) is 9.59 Å². The topological polar surface area (TPSA) is 67.4 Å². The molecule has 0 spiro atoms. The van der Waals surface area contributed by atoms with Crippen LogP contribution in [0.3, 0.4) is 0 Å². The average Bonchev–Trinajstić information content (AvgIpc) is 2.55. The minimum Gasteiger partial charge on any atom is -0.435 e. The SMILES string of the molecule is O=C(NCC1CC=CCC1)C(=O)Nc1ccc(OC(F)F)cc1. The number of nitrogens with one attached hydrogen (secondary N) is 2. The number of hydrogen-bond acceptors (Lipinski definition) is 3. The Morgan fingerprint density at radius 2 is 1.91 bits per heavy atom. The Morgan fingerprint density at radius 3 is 2.52 bits per heavy atom. The fourth-order valence-corrected chi connectivity index (χ4v) is 2.27. The summed E-state index contributed by atoms with van der Waals surface area (Å²) in [7, 11) is 0. The van der Waals surface area contributed by atoms with Crippen LogP contribution < -0.4 is 15.4 Å². The van der Waals surface area contributed by atoms with Gasteiger partial charge in [-0.25, -0.2) is 0 Å². The average molecular weight is 324 g/mol. The first-order chi connectivity index (χ1) is 11.0. The van der Waals surface area contributed by atoms with E-state index in [1.807, 2.05) is 0 Å². The Hall–Kier alpha value is -2.44. The summed E-state index contributed by atoms with van der Waals surface area (Å²) >= 11 is 0. The van der Waals surface area contributed by atoms with Crippen LogP contribution in [-0.4, -0.2) is 25.0 Å². The van der Waals surface area contributed by atoms with Crippen LogP contribution in [0.15, 0.2) is 36.4 Å². The van der Waals surface area contributed by atoms with Gasteiger partial charge in [-0.05, 0) is 49.4 Å². The Balaban J connectivity index is 1.78. The fraction of sp³-hybridized carbons (Fsp3) is 0.375. The number of halogens is 2. The highest BCUT2D eigenvalue weighted by Gasteiger charge is 2.16. The molecule has 2 rings (SSSR count). The molecule has 0 aromatic heterocycles. The van der Waals surface area contributed by atoms with Gasteiger partial charge in [-0.1, -0.05) is 12.2 Å². The Bertz CT molecular complexity index is 573. The monoisotopic (exact) mass is 324 g/mol. The molecular weight excluding hydrogens is 306 g/mol. The van der Waals surface area contributed by atoms with E-state index in [-0.39, 0.29) is 5.75 Å². The van der Waals surface area contributed by atoms with Gasteiger partial charge in [0, 0.05) is 12.2 Å². The molecule has 1 unspecified atom stereocenters. The third kappa shape index (κ3) is 5.69. The highest BCUT2D eigenvalue weighted by atomic mass is 19.3. The lowest BCUT2D eigenvalue weighted by Gasteiger charge is -2.17. The van der Waals surface area contributed by atoms with E-state index >= 15 is 0 Å². The zero-order chi connectivity index (χ0) is 16.7. The second-order valence-corrected chi connectivity index (χ2v) is 5.22. The Morgan fingerprint density at radius 1 is 1.17 bits per heavy atom. The van der Waals surface area contributed by atoms with Crippen molar-refractivity contribution in [3.63, 3.8) is 0 Å². The van der Waals surface area contributed by atoms with Crippen LogP contribution in [0.1, 0.15) is 19.3 Å². The van der Waals surface area contributed by atoms with Gasteiger partial charge in [-0.15, -0.1) is 0 Å². The van der Waals surface area contributed by atoms with Crippen molar-refractivity contribution in [2.45, 2.75) is 25.9 Å². The minimum absolute atomic E-state index is 0.0206. The normalized spacial score (nSPS) is 16.9. The molecule has 0 saturated heterocycles. The third-order valence-electron chi connectivity index (χ3n) is 3.47. The highest BCUT2D eigenvalue weighted by Crippen LogP contribution is 2.18. The number of allylic oxidation sites excluding steroid dienone is 2. The lowest BCUT2D eigenvalue weighted by Crippen LogP contribution is -2.38. The highest BCUT2D eigenvalue weighted by molar-refractivity contribution is 6.39. The summed E-state index contributed by atoms with van der Waals surface area (Å²) in [6, 6.07) is 5.34. The van der Waals surface area contributed by atoms with Crippen molar-refractivity contribution in [2.24, 2.45) is 5.92 Å². The molecule has 0 heterocycles. The number of rotatable bonds is 5. The lowest BCUT2D eigenvalue weighted by molar-refractivity contribution is -0.136. The molecule has 1 atom stereocenters. The van der Waals surface area contributed by atoms with Crippen LogP contribution in [0.25, 0.3) is 0 Å². The maximum Gasteiger partial charge on any atom is 0.387 e. The number of carbonyl (C=O) groups is 2. The van der Waals surface area contributed by atoms with Crippen LogP contribution in [0, 0.1) is 5.92 Å². The summed E-state index contributed by atoms with van der Waals surface area (Å²) in [5.74, 6) is -1.18. The molecule has 5 nitrogen and oxygen atoms in total. The second kappa shape index (κ2) is 8.26. The van der Waals surface area contributed by atoms with Gasteiger partial charge in [0.25, 0.3) is 0 Å². The van der Waals surface area contributed by atoms with E-state index in [0.29, 0.717) is 18.2 Å². The first kappa shape index (κ1) is 16.9. The van der Waals surface area contributed by atoms with E-state index in [4.69, 9.17) is 0 Å². The molecule has 0 bridgehead atoms. The van der Waals surface area contributed by atoms with Crippen molar-refractivity contribution in [1.29, 1.82) is 0 Å². The first-order valence-electron chi connectivity index (χ1n) is 7.33. The molecule has 0 radical (unpaired) electrons. The van der Waals surface area contributed by atoms with E-state index in [1.54, 1.807) is 0 Å². The van der Waals surface area contributed by atoms with E-state index < -0.39 is 18.4 Å². The summed E-state index contributed by atoms with van der Waals surface area (Å²) < 4.78 is 28.2. The fourth-order valence-electron chi connectivity index (χ4n) is 2.27. The van der Waals surface area contributed by atoms with Crippen LogP contribution >= 0.6 is 0 Å². The van der Waals surface area contributed by atoms with Gasteiger partial charge in [0.05, 0.1) is 0 Å². The van der Waals surface area contributed by atoms with Gasteiger partial charge in [0.1, 0.15) is 5.75 Å². The molecule has 7 heteroatoms. The number of alkyl halides is 2. The van der Waals surface area contributed by atoms with E-state index in [9.17, 15) is 18.4 Å². The van der Waals surface area contributed by atoms with Crippen molar-refractivity contribution < 1.29 is 23.1 Å². The number of benzene rings is 1. The molecule has 1 aromatic carbocycles. The second-order valence-electron chi connectivity index (χ2n) is 5.22. The Labute approximate surface area is 132 Å². The van der Waals surface area contributed by atoms with Gasteiger partial charge in [-0.3, -0.25) is 9.59 Å². The first-order valence-corrected chi connectivity index (χ1v) is 7.33. The van der Waals surface area contributed by atoms with Crippen molar-refractivity contribution in [3.05, 3.63) is 36.4 Å². The summed E-state index contributed by atoms with van der Waals surface area (Å²) in [6.07, 6.45) is 7.05. The maximum absolute atomic E-state index is 12.0. The largest absolute Gasteiger partial charge is 0.435 e. The van der Waals surface area contributed by atoms with Crippen LogP contribution in [0.5, 0.6) is 5.75 Å². The molecule has 0 aliphatic heterocycles. The molecule has 0 saturated carbocycles. The predicted octanol–water partition coefficient (Wildman–Crippen LogP) is 2.70. The molecule has 23 heavy (non-hydrogen) atoms. The quantitative estimate of drug-likeness (QED) is 0.646. The van der Waals surface area contributed by atoms with Crippen LogP contribution in [0.2, 0.25) is 0 Å². The number of ether oxygens (including phenoxy) is 1. The smallest absolute Gasteiger partial charge is 0.387 e.